The van der Waals surface area contributed by atoms with Crippen LogP contribution in [0.2, 0.25) is 0 Å². The lowest BCUT2D eigenvalue weighted by molar-refractivity contribution is -0.165. The van der Waals surface area contributed by atoms with Crippen LogP contribution in [0.5, 0.6) is 0 Å². The SMILES string of the molecule is NC(=O)[C@@H](O)[C@H](O)[C@@H](O)[C@H](O)C(=O)O. The summed E-state index contributed by atoms with van der Waals surface area (Å²) < 4.78 is 0. The minimum atomic E-state index is -2.31. The fraction of sp³-hybridized carbons (Fsp3) is 0.667. The minimum absolute atomic E-state index is 1.34. The second-order valence-electron chi connectivity index (χ2n) is 2.61. The van der Waals surface area contributed by atoms with Gasteiger partial charge in [-0.05, 0) is 0 Å². The van der Waals surface area contributed by atoms with E-state index in [2.05, 4.69) is 5.73 Å². The monoisotopic (exact) mass is 209 g/mol. The summed E-state index contributed by atoms with van der Waals surface area (Å²) in [5, 5.41) is 43.6. The van der Waals surface area contributed by atoms with E-state index in [0.29, 0.717) is 0 Å². The minimum Gasteiger partial charge on any atom is -0.479 e. The molecule has 4 atom stereocenters. The number of carboxylic acid groups (broad SMARTS) is 1. The Bertz CT molecular complexity index is 206. The highest BCUT2D eigenvalue weighted by Crippen LogP contribution is 2.05. The van der Waals surface area contributed by atoms with Gasteiger partial charge in [-0.3, -0.25) is 4.79 Å². The van der Waals surface area contributed by atoms with Crippen molar-refractivity contribution in [3.05, 3.63) is 0 Å². The first-order valence-corrected chi connectivity index (χ1v) is 3.53. The molecule has 0 aromatic rings. The van der Waals surface area contributed by atoms with Crippen LogP contribution in [0.25, 0.3) is 0 Å². The van der Waals surface area contributed by atoms with Crippen LogP contribution in [0.15, 0.2) is 0 Å². The molecule has 0 rings (SSSR count). The molecule has 0 saturated carbocycles. The Morgan fingerprint density at radius 2 is 1.29 bits per heavy atom. The number of carbonyl (C=O) groups is 2. The third-order valence-corrected chi connectivity index (χ3v) is 1.54. The van der Waals surface area contributed by atoms with Crippen LogP contribution < -0.4 is 5.73 Å². The van der Waals surface area contributed by atoms with E-state index in [4.69, 9.17) is 25.5 Å². The number of carboxylic acids is 1. The predicted molar refractivity (Wildman–Crippen MR) is 40.9 cm³/mol. The van der Waals surface area contributed by atoms with Gasteiger partial charge in [-0.2, -0.15) is 0 Å². The highest BCUT2D eigenvalue weighted by atomic mass is 16.4. The van der Waals surface area contributed by atoms with E-state index in [0.717, 1.165) is 0 Å². The van der Waals surface area contributed by atoms with Crippen molar-refractivity contribution in [1.29, 1.82) is 0 Å². The van der Waals surface area contributed by atoms with E-state index >= 15 is 0 Å². The Labute approximate surface area is 78.2 Å². The van der Waals surface area contributed by atoms with Crippen LogP contribution in [0, 0.1) is 0 Å². The quantitative estimate of drug-likeness (QED) is 0.269. The van der Waals surface area contributed by atoms with Gasteiger partial charge in [0, 0.05) is 0 Å². The second-order valence-corrected chi connectivity index (χ2v) is 2.61. The molecule has 0 aromatic heterocycles. The Morgan fingerprint density at radius 3 is 1.57 bits per heavy atom. The molecule has 0 aromatic carbocycles. The van der Waals surface area contributed by atoms with Gasteiger partial charge in [0.25, 0.3) is 0 Å². The molecule has 8 nitrogen and oxygen atoms in total. The summed E-state index contributed by atoms with van der Waals surface area (Å²) in [6, 6.07) is 0. The molecule has 0 aliphatic carbocycles. The molecule has 7 N–H and O–H groups in total. The third kappa shape index (κ3) is 2.92. The Balaban J connectivity index is 4.45. The molecule has 8 heteroatoms. The van der Waals surface area contributed by atoms with Crippen molar-refractivity contribution in [3.8, 4) is 0 Å². The first-order valence-electron chi connectivity index (χ1n) is 3.53. The van der Waals surface area contributed by atoms with Crippen LogP contribution in [-0.2, 0) is 9.59 Å². The Kier molecular flexibility index (Phi) is 4.44. The normalized spacial score (nSPS) is 19.4. The van der Waals surface area contributed by atoms with E-state index in [1.54, 1.807) is 0 Å². The summed E-state index contributed by atoms with van der Waals surface area (Å²) in [6.45, 7) is 0. The molecule has 0 radical (unpaired) electrons. The second kappa shape index (κ2) is 4.86. The first kappa shape index (κ1) is 12.8. The molecule has 0 aliphatic rings. The number of hydrogen-bond acceptors (Lipinski definition) is 6. The van der Waals surface area contributed by atoms with Gasteiger partial charge in [-0.1, -0.05) is 0 Å². The van der Waals surface area contributed by atoms with Crippen LogP contribution in [0.1, 0.15) is 0 Å². The maximum absolute atomic E-state index is 10.3. The van der Waals surface area contributed by atoms with E-state index in [-0.39, 0.29) is 0 Å². The Morgan fingerprint density at radius 1 is 0.929 bits per heavy atom. The van der Waals surface area contributed by atoms with Gasteiger partial charge in [-0.15, -0.1) is 0 Å². The zero-order valence-corrected chi connectivity index (χ0v) is 6.94. The molecular formula is C6H11NO7. The summed E-state index contributed by atoms with van der Waals surface area (Å²) >= 11 is 0. The maximum Gasteiger partial charge on any atom is 0.335 e. The smallest absolute Gasteiger partial charge is 0.335 e. The molecule has 1 amide bonds. The van der Waals surface area contributed by atoms with Crippen molar-refractivity contribution < 1.29 is 35.1 Å². The zero-order chi connectivity index (χ0) is 11.5. The van der Waals surface area contributed by atoms with Crippen molar-refractivity contribution >= 4 is 11.9 Å². The Hall–Kier alpha value is -1.22. The van der Waals surface area contributed by atoms with Crippen LogP contribution in [0.4, 0.5) is 0 Å². The van der Waals surface area contributed by atoms with Crippen molar-refractivity contribution in [2.24, 2.45) is 5.73 Å². The summed E-state index contributed by atoms with van der Waals surface area (Å²) in [5.74, 6) is -3.14. The predicted octanol–water partition coefficient (Wildman–Crippen LogP) is -4.00. The number of amides is 1. The van der Waals surface area contributed by atoms with Gasteiger partial charge >= 0.3 is 5.97 Å². The highest BCUT2D eigenvalue weighted by Gasteiger charge is 2.36. The molecular weight excluding hydrogens is 198 g/mol. The van der Waals surface area contributed by atoms with E-state index in [1.807, 2.05) is 0 Å². The third-order valence-electron chi connectivity index (χ3n) is 1.54. The topological polar surface area (TPSA) is 161 Å². The molecule has 0 aliphatic heterocycles. The lowest BCUT2D eigenvalue weighted by Crippen LogP contribution is -2.51. The first-order chi connectivity index (χ1) is 6.29. The lowest BCUT2D eigenvalue weighted by atomic mass is 10.0. The fourth-order valence-electron chi connectivity index (χ4n) is 0.688. The zero-order valence-electron chi connectivity index (χ0n) is 6.94. The number of aliphatic carboxylic acids is 1. The molecule has 0 heterocycles. The number of primary amides is 1. The number of nitrogens with two attached hydrogens (primary N) is 1. The molecule has 82 valence electrons. The molecule has 0 unspecified atom stereocenters. The summed E-state index contributed by atoms with van der Waals surface area (Å²) in [7, 11) is 0. The lowest BCUT2D eigenvalue weighted by Gasteiger charge is -2.22. The highest BCUT2D eigenvalue weighted by molar-refractivity contribution is 5.79. The van der Waals surface area contributed by atoms with Gasteiger partial charge in [0.2, 0.25) is 5.91 Å². The van der Waals surface area contributed by atoms with E-state index < -0.39 is 36.3 Å². The summed E-state index contributed by atoms with van der Waals surface area (Å²) in [5.41, 5.74) is 4.56. The standard InChI is InChI=1S/C6H11NO7/c7-5(12)3(10)1(8)2(9)4(11)6(13)14/h1-4,8-11H,(H2,7,12)(H,13,14)/t1-,2-,3+,4+/m1/s1. The van der Waals surface area contributed by atoms with Gasteiger partial charge in [0.15, 0.2) is 12.2 Å². The van der Waals surface area contributed by atoms with E-state index in [9.17, 15) is 9.59 Å². The van der Waals surface area contributed by atoms with Crippen LogP contribution in [0.3, 0.4) is 0 Å². The van der Waals surface area contributed by atoms with Crippen LogP contribution >= 0.6 is 0 Å². The fourth-order valence-corrected chi connectivity index (χ4v) is 0.688. The molecule has 0 saturated heterocycles. The van der Waals surface area contributed by atoms with Crippen molar-refractivity contribution in [2.75, 3.05) is 0 Å². The van der Waals surface area contributed by atoms with Gasteiger partial charge in [-0.25, -0.2) is 4.79 Å². The van der Waals surface area contributed by atoms with Crippen LogP contribution in [-0.4, -0.2) is 61.8 Å². The van der Waals surface area contributed by atoms with Crippen molar-refractivity contribution in [1.82, 2.24) is 0 Å². The van der Waals surface area contributed by atoms with Gasteiger partial charge in [0.05, 0.1) is 0 Å². The average molecular weight is 209 g/mol. The number of carbonyl (C=O) groups excluding carboxylic acids is 1. The number of rotatable bonds is 5. The summed E-state index contributed by atoms with van der Waals surface area (Å²) in [4.78, 5) is 20.4. The van der Waals surface area contributed by atoms with E-state index in [1.165, 1.54) is 0 Å². The molecule has 0 fully saturated rings. The average Bonchev–Trinajstić information content (AvgIpc) is 2.12. The molecule has 14 heavy (non-hydrogen) atoms. The maximum atomic E-state index is 10.3. The molecule has 0 bridgehead atoms. The largest absolute Gasteiger partial charge is 0.479 e. The van der Waals surface area contributed by atoms with Gasteiger partial charge in [0.1, 0.15) is 12.2 Å². The summed E-state index contributed by atoms with van der Waals surface area (Å²) in [6.07, 6.45) is -8.80. The molecule has 0 spiro atoms. The van der Waals surface area contributed by atoms with Gasteiger partial charge < -0.3 is 31.3 Å². The van der Waals surface area contributed by atoms with Crippen molar-refractivity contribution in [2.45, 2.75) is 24.4 Å². The number of hydrogen-bond donors (Lipinski definition) is 6. The number of aliphatic hydroxyl groups excluding tert-OH is 4. The van der Waals surface area contributed by atoms with Crippen molar-refractivity contribution in [3.63, 3.8) is 0 Å². The number of aliphatic hydroxyl groups is 4.